The molecule has 0 bridgehead atoms. The summed E-state index contributed by atoms with van der Waals surface area (Å²) in [6, 6.07) is 14.0. The Morgan fingerprint density at radius 1 is 0.543 bits per heavy atom. The van der Waals surface area contributed by atoms with E-state index in [0.717, 1.165) is 25.9 Å². The zero-order valence-corrected chi connectivity index (χ0v) is 22.6. The monoisotopic (exact) mass is 527 g/mol. The van der Waals surface area contributed by atoms with E-state index in [4.69, 9.17) is 0 Å². The Balaban J connectivity index is 0.000000642. The van der Waals surface area contributed by atoms with E-state index in [1.165, 1.54) is 64.2 Å². The number of unbranched alkanes of at least 4 members (excludes halogenated alkanes) is 10. The van der Waals surface area contributed by atoms with Crippen LogP contribution in [-0.2, 0) is 17.1 Å². The van der Waals surface area contributed by atoms with Crippen LogP contribution in [0.25, 0.3) is 0 Å². The van der Waals surface area contributed by atoms with Gasteiger partial charge >= 0.3 is 17.1 Å². The fourth-order valence-electron chi connectivity index (χ4n) is 3.47. The molecule has 2 rings (SSSR count). The van der Waals surface area contributed by atoms with Crippen LogP contribution in [0.2, 0.25) is 0 Å². The average molecular weight is 528 g/mol. The number of nitrogens with zero attached hydrogens (tertiary/aromatic N) is 2. The maximum Gasteiger partial charge on any atom is 2.00 e. The van der Waals surface area contributed by atoms with E-state index in [1.54, 1.807) is 36.7 Å². The summed E-state index contributed by atoms with van der Waals surface area (Å²) in [5.74, 6) is 0.110. The minimum absolute atomic E-state index is 0. The second-order valence-electron chi connectivity index (χ2n) is 8.68. The zero-order valence-electron chi connectivity index (χ0n) is 21.7. The topological polar surface area (TPSA) is 70.8 Å². The van der Waals surface area contributed by atoms with Gasteiger partial charge in [0.25, 0.3) is 0 Å². The first-order chi connectivity index (χ1) is 16.7. The second kappa shape index (κ2) is 23.6. The number of aliphatic imine (C=N–C) groups is 2. The summed E-state index contributed by atoms with van der Waals surface area (Å²) in [6.07, 6.45) is 18.7. The van der Waals surface area contributed by atoms with Gasteiger partial charge < -0.3 is 10.2 Å². The molecular formula is C30H44CuN2O2. The van der Waals surface area contributed by atoms with Crippen molar-refractivity contribution in [3.05, 3.63) is 59.7 Å². The Kier molecular flexibility index (Phi) is 22.2. The molecule has 0 amide bonds. The molecule has 0 atom stereocenters. The number of rotatable bonds is 16. The maximum absolute atomic E-state index is 11.4. The maximum atomic E-state index is 11.4. The molecule has 1 radical (unpaired) electrons. The molecule has 0 aromatic heterocycles. The largest absolute Gasteiger partial charge is 2.00 e. The molecule has 0 N–H and O–H groups in total. The second-order valence-corrected chi connectivity index (χ2v) is 8.68. The van der Waals surface area contributed by atoms with Gasteiger partial charge in [0, 0.05) is 25.5 Å². The smallest absolute Gasteiger partial charge is 0.872 e. The van der Waals surface area contributed by atoms with Gasteiger partial charge in [0.15, 0.2) is 0 Å². The van der Waals surface area contributed by atoms with Crippen molar-refractivity contribution in [1.82, 2.24) is 0 Å². The van der Waals surface area contributed by atoms with Gasteiger partial charge in [-0.05, 0) is 24.0 Å². The van der Waals surface area contributed by atoms with Crippen molar-refractivity contribution in [3.8, 4) is 11.5 Å². The molecule has 5 heteroatoms. The first kappa shape index (κ1) is 32.9. The number of hydrogen-bond donors (Lipinski definition) is 0. The van der Waals surface area contributed by atoms with Crippen LogP contribution in [-0.4, -0.2) is 25.5 Å². The molecule has 35 heavy (non-hydrogen) atoms. The third kappa shape index (κ3) is 17.9. The molecule has 0 unspecified atom stereocenters. The van der Waals surface area contributed by atoms with Gasteiger partial charge in [0.2, 0.25) is 0 Å². The third-order valence-electron chi connectivity index (χ3n) is 5.58. The zero-order chi connectivity index (χ0) is 24.7. The molecule has 0 heterocycles. The SMILES string of the molecule is CCCCCCCCN=Cc1ccccc1[O-].CCCCCCCCN=Cc1ccccc1[O-].[Cu+2]. The first-order valence-electron chi connectivity index (χ1n) is 13.2. The molecule has 0 aliphatic heterocycles. The Morgan fingerprint density at radius 3 is 1.26 bits per heavy atom. The van der Waals surface area contributed by atoms with Gasteiger partial charge in [-0.15, -0.1) is 11.5 Å². The van der Waals surface area contributed by atoms with Gasteiger partial charge in [-0.2, -0.15) is 0 Å². The van der Waals surface area contributed by atoms with E-state index >= 15 is 0 Å². The van der Waals surface area contributed by atoms with Crippen molar-refractivity contribution < 1.29 is 27.3 Å². The van der Waals surface area contributed by atoms with Crippen molar-refractivity contribution in [1.29, 1.82) is 0 Å². The van der Waals surface area contributed by atoms with Crippen LogP contribution in [0.5, 0.6) is 11.5 Å². The third-order valence-corrected chi connectivity index (χ3v) is 5.58. The van der Waals surface area contributed by atoms with E-state index in [-0.39, 0.29) is 28.6 Å². The molecule has 0 fully saturated rings. The first-order valence-corrected chi connectivity index (χ1v) is 13.2. The summed E-state index contributed by atoms with van der Waals surface area (Å²) in [4.78, 5) is 8.59. The van der Waals surface area contributed by atoms with Crippen LogP contribution >= 0.6 is 0 Å². The van der Waals surface area contributed by atoms with Crippen molar-refractivity contribution in [2.75, 3.05) is 13.1 Å². The van der Waals surface area contributed by atoms with Gasteiger partial charge in [-0.25, -0.2) is 0 Å². The van der Waals surface area contributed by atoms with Crippen molar-refractivity contribution in [2.45, 2.75) is 90.9 Å². The molecule has 0 aliphatic rings. The van der Waals surface area contributed by atoms with Crippen molar-refractivity contribution >= 4 is 12.4 Å². The molecule has 0 saturated heterocycles. The molecule has 2 aromatic rings. The quantitative estimate of drug-likeness (QED) is 0.133. The summed E-state index contributed by atoms with van der Waals surface area (Å²) >= 11 is 0. The van der Waals surface area contributed by atoms with Crippen LogP contribution in [0, 0.1) is 0 Å². The van der Waals surface area contributed by atoms with Crippen LogP contribution in [0.4, 0.5) is 0 Å². The van der Waals surface area contributed by atoms with Gasteiger partial charge in [0.1, 0.15) is 0 Å². The molecule has 0 saturated carbocycles. The average Bonchev–Trinajstić information content (AvgIpc) is 2.85. The minimum atomic E-state index is 0. The molecule has 0 spiro atoms. The summed E-state index contributed by atoms with van der Waals surface area (Å²) in [7, 11) is 0. The van der Waals surface area contributed by atoms with Crippen LogP contribution < -0.4 is 10.2 Å². The fourth-order valence-corrected chi connectivity index (χ4v) is 3.47. The van der Waals surface area contributed by atoms with Gasteiger partial charge in [-0.3, -0.25) is 9.98 Å². The van der Waals surface area contributed by atoms with Crippen molar-refractivity contribution in [3.63, 3.8) is 0 Å². The van der Waals surface area contributed by atoms with Crippen LogP contribution in [0.1, 0.15) is 102 Å². The summed E-state index contributed by atoms with van der Waals surface area (Å²) in [5, 5.41) is 22.7. The Morgan fingerprint density at radius 2 is 0.886 bits per heavy atom. The van der Waals surface area contributed by atoms with Crippen molar-refractivity contribution in [2.24, 2.45) is 9.98 Å². The Hall–Kier alpha value is -2.10. The van der Waals surface area contributed by atoms with E-state index < -0.39 is 0 Å². The molecular weight excluding hydrogens is 484 g/mol. The van der Waals surface area contributed by atoms with E-state index in [1.807, 2.05) is 24.3 Å². The molecule has 4 nitrogen and oxygen atoms in total. The number of para-hydroxylation sites is 2. The van der Waals surface area contributed by atoms with Gasteiger partial charge in [-0.1, -0.05) is 127 Å². The van der Waals surface area contributed by atoms with Gasteiger partial charge in [0.05, 0.1) is 0 Å². The summed E-state index contributed by atoms with van der Waals surface area (Å²) in [5.41, 5.74) is 1.39. The van der Waals surface area contributed by atoms with Crippen LogP contribution in [0.3, 0.4) is 0 Å². The van der Waals surface area contributed by atoms with E-state index in [0.29, 0.717) is 11.1 Å². The predicted molar refractivity (Wildman–Crippen MR) is 143 cm³/mol. The minimum Gasteiger partial charge on any atom is -0.872 e. The predicted octanol–water partition coefficient (Wildman–Crippen LogP) is 7.08. The Labute approximate surface area is 224 Å². The molecule has 0 aliphatic carbocycles. The standard InChI is InChI=1S/2C15H23NO.Cu/c2*1-2-3-4-5-6-9-12-16-13-14-10-7-8-11-15(14)17;/h2*7-8,10-11,13,17H,2-6,9,12H2,1H3;/q;;+2/p-2. The summed E-state index contributed by atoms with van der Waals surface area (Å²) in [6.45, 7) is 6.12. The molecule has 197 valence electrons. The normalized spacial score (nSPS) is 10.8. The number of benzene rings is 2. The van der Waals surface area contributed by atoms with E-state index in [2.05, 4.69) is 23.8 Å². The molecule has 2 aromatic carbocycles. The van der Waals surface area contributed by atoms with E-state index in [9.17, 15) is 10.2 Å². The summed E-state index contributed by atoms with van der Waals surface area (Å²) < 4.78 is 0. The fraction of sp³-hybridized carbons (Fsp3) is 0.533. The van der Waals surface area contributed by atoms with Crippen LogP contribution in [0.15, 0.2) is 58.5 Å². The Bertz CT molecular complexity index is 741. The number of hydrogen-bond acceptors (Lipinski definition) is 4.